The first kappa shape index (κ1) is 21.4. The van der Waals surface area contributed by atoms with Crippen molar-refractivity contribution < 1.29 is 14.3 Å². The molecule has 0 aromatic carbocycles. The van der Waals surface area contributed by atoms with Crippen LogP contribution in [0.3, 0.4) is 0 Å². The quantitative estimate of drug-likeness (QED) is 0.670. The largest absolute Gasteiger partial charge is 0.479 e. The first-order valence-electron chi connectivity index (χ1n) is 10.8. The van der Waals surface area contributed by atoms with E-state index in [1.165, 1.54) is 0 Å². The van der Waals surface area contributed by atoms with E-state index in [2.05, 4.69) is 16.9 Å². The molecule has 164 valence electrons. The molecule has 4 rings (SSSR count). The van der Waals surface area contributed by atoms with Crippen LogP contribution in [0.2, 0.25) is 0 Å². The predicted molar refractivity (Wildman–Crippen MR) is 119 cm³/mol. The van der Waals surface area contributed by atoms with Gasteiger partial charge in [0.05, 0.1) is 18.6 Å². The zero-order valence-corrected chi connectivity index (χ0v) is 19.3. The lowest BCUT2D eigenvalue weighted by molar-refractivity contribution is -0.134. The lowest BCUT2D eigenvalue weighted by Crippen LogP contribution is -2.44. The van der Waals surface area contributed by atoms with Crippen LogP contribution >= 0.6 is 11.8 Å². The number of methoxy groups -OCH3 is 1. The van der Waals surface area contributed by atoms with E-state index in [4.69, 9.17) is 14.5 Å². The second kappa shape index (κ2) is 9.14. The summed E-state index contributed by atoms with van der Waals surface area (Å²) in [5.74, 6) is 3.00. The van der Waals surface area contributed by atoms with Crippen LogP contribution in [0.4, 0.5) is 0 Å². The van der Waals surface area contributed by atoms with Crippen molar-refractivity contribution in [1.82, 2.24) is 19.7 Å². The van der Waals surface area contributed by atoms with Crippen LogP contribution in [0.5, 0.6) is 5.88 Å². The molecule has 0 aliphatic carbocycles. The van der Waals surface area contributed by atoms with Crippen LogP contribution < -0.4 is 4.74 Å². The molecule has 2 fully saturated rings. The van der Waals surface area contributed by atoms with E-state index in [1.807, 2.05) is 25.7 Å². The average molecular weight is 433 g/mol. The van der Waals surface area contributed by atoms with Crippen molar-refractivity contribution in [2.45, 2.75) is 58.1 Å². The van der Waals surface area contributed by atoms with E-state index in [9.17, 15) is 4.79 Å². The van der Waals surface area contributed by atoms with Crippen LogP contribution in [0, 0.1) is 13.8 Å². The molecular formula is C22H32N4O3S. The van der Waals surface area contributed by atoms with Gasteiger partial charge in [0.2, 0.25) is 11.8 Å². The van der Waals surface area contributed by atoms with Gasteiger partial charge >= 0.3 is 0 Å². The molecule has 0 spiro atoms. The number of thioether (sulfide) groups is 1. The first-order valence-corrected chi connectivity index (χ1v) is 12.0. The fraction of sp³-hybridized carbons (Fsp3) is 0.682. The number of carbonyl (C=O) groups is 1. The van der Waals surface area contributed by atoms with Gasteiger partial charge in [-0.3, -0.25) is 4.79 Å². The third kappa shape index (κ3) is 4.17. The smallest absolute Gasteiger partial charge is 0.242 e. The lowest BCUT2D eigenvalue weighted by atomic mass is 9.99. The molecule has 0 radical (unpaired) electrons. The Labute approximate surface area is 182 Å². The second-order valence-corrected chi connectivity index (χ2v) is 9.48. The molecule has 2 aromatic rings. The molecule has 2 aliphatic rings. The van der Waals surface area contributed by atoms with E-state index >= 15 is 0 Å². The third-order valence-corrected chi connectivity index (χ3v) is 7.54. The number of hydrogen-bond donors (Lipinski definition) is 0. The normalized spacial score (nSPS) is 21.5. The van der Waals surface area contributed by atoms with Crippen LogP contribution in [-0.2, 0) is 23.0 Å². The maximum atomic E-state index is 13.3. The number of rotatable bonds is 7. The zero-order valence-electron chi connectivity index (χ0n) is 18.4. The van der Waals surface area contributed by atoms with Crippen molar-refractivity contribution >= 4 is 28.7 Å². The Morgan fingerprint density at radius 2 is 2.20 bits per heavy atom. The SMILES string of the molecule is COc1nn(C)c2nc(C)c(CCC(=O)N(CC3CCCO3)C3CCSC3)c(C)c12. The average Bonchev–Trinajstić information content (AvgIpc) is 3.48. The number of fused-ring (bicyclic) bond motifs is 1. The van der Waals surface area contributed by atoms with Gasteiger partial charge in [0.25, 0.3) is 0 Å². The molecule has 2 atom stereocenters. The van der Waals surface area contributed by atoms with E-state index in [-0.39, 0.29) is 12.0 Å². The standard InChI is InChI=1S/C22H32N4O3S/c1-14-18(15(2)23-21-20(14)22(28-4)24-25(21)3)7-8-19(27)26(16-9-11-30-13-16)12-17-6-5-10-29-17/h16-17H,5-13H2,1-4H3. The second-order valence-electron chi connectivity index (χ2n) is 8.33. The molecular weight excluding hydrogens is 400 g/mol. The van der Waals surface area contributed by atoms with E-state index < -0.39 is 0 Å². The lowest BCUT2D eigenvalue weighted by Gasteiger charge is -2.31. The van der Waals surface area contributed by atoms with Gasteiger partial charge in [0.1, 0.15) is 0 Å². The van der Waals surface area contributed by atoms with Gasteiger partial charge < -0.3 is 14.4 Å². The Morgan fingerprint density at radius 1 is 1.37 bits per heavy atom. The van der Waals surface area contributed by atoms with Gasteiger partial charge in [-0.15, -0.1) is 5.10 Å². The maximum Gasteiger partial charge on any atom is 0.242 e. The van der Waals surface area contributed by atoms with Gasteiger partial charge in [-0.25, -0.2) is 9.67 Å². The summed E-state index contributed by atoms with van der Waals surface area (Å²) < 4.78 is 13.1. The number of nitrogens with zero attached hydrogens (tertiary/aromatic N) is 4. The summed E-state index contributed by atoms with van der Waals surface area (Å²) in [7, 11) is 3.51. The van der Waals surface area contributed by atoms with Gasteiger partial charge in [-0.1, -0.05) is 0 Å². The molecule has 2 aliphatic heterocycles. The maximum absolute atomic E-state index is 13.3. The van der Waals surface area contributed by atoms with E-state index in [1.54, 1.807) is 11.8 Å². The van der Waals surface area contributed by atoms with Gasteiger partial charge in [-0.2, -0.15) is 11.8 Å². The number of pyridine rings is 1. The molecule has 1 amide bonds. The number of ether oxygens (including phenoxy) is 2. The highest BCUT2D eigenvalue weighted by Gasteiger charge is 2.30. The molecule has 7 nitrogen and oxygen atoms in total. The molecule has 2 unspecified atom stereocenters. The zero-order chi connectivity index (χ0) is 21.3. The fourth-order valence-corrected chi connectivity index (χ4v) is 5.94. The van der Waals surface area contributed by atoms with Crippen LogP contribution in [0.15, 0.2) is 0 Å². The minimum Gasteiger partial charge on any atom is -0.479 e. The van der Waals surface area contributed by atoms with Crippen molar-refractivity contribution in [2.24, 2.45) is 7.05 Å². The number of amides is 1. The van der Waals surface area contributed by atoms with Gasteiger partial charge in [0, 0.05) is 44.1 Å². The Hall–Kier alpha value is -1.80. The molecule has 8 heteroatoms. The molecule has 0 N–H and O–H groups in total. The number of carbonyl (C=O) groups excluding carboxylic acids is 1. The minimum absolute atomic E-state index is 0.195. The van der Waals surface area contributed by atoms with Crippen molar-refractivity contribution in [3.8, 4) is 5.88 Å². The minimum atomic E-state index is 0.195. The summed E-state index contributed by atoms with van der Waals surface area (Å²) in [6, 6.07) is 0.341. The summed E-state index contributed by atoms with van der Waals surface area (Å²) in [5.41, 5.74) is 4.01. The van der Waals surface area contributed by atoms with Crippen molar-refractivity contribution in [2.75, 3.05) is 31.8 Å². The van der Waals surface area contributed by atoms with E-state index in [0.717, 1.165) is 71.8 Å². The summed E-state index contributed by atoms with van der Waals surface area (Å²) in [5, 5.41) is 5.37. The van der Waals surface area contributed by atoms with Gasteiger partial charge in [0.15, 0.2) is 5.65 Å². The van der Waals surface area contributed by atoms with Gasteiger partial charge in [-0.05, 0) is 56.4 Å². The Morgan fingerprint density at radius 3 is 2.87 bits per heavy atom. The molecule has 30 heavy (non-hydrogen) atoms. The summed E-state index contributed by atoms with van der Waals surface area (Å²) in [6.07, 6.45) is 4.61. The molecule has 2 aromatic heterocycles. The first-order chi connectivity index (χ1) is 14.5. The Kier molecular flexibility index (Phi) is 6.53. The third-order valence-electron chi connectivity index (χ3n) is 6.40. The summed E-state index contributed by atoms with van der Waals surface area (Å²) >= 11 is 1.95. The molecule has 2 saturated heterocycles. The Balaban J connectivity index is 1.53. The predicted octanol–water partition coefficient (Wildman–Crippen LogP) is 3.04. The summed E-state index contributed by atoms with van der Waals surface area (Å²) in [4.78, 5) is 20.2. The highest BCUT2D eigenvalue weighted by Crippen LogP contribution is 2.31. The number of hydrogen-bond acceptors (Lipinski definition) is 6. The Bertz CT molecular complexity index is 917. The van der Waals surface area contributed by atoms with Crippen LogP contribution in [0.25, 0.3) is 11.0 Å². The topological polar surface area (TPSA) is 69.5 Å². The highest BCUT2D eigenvalue weighted by molar-refractivity contribution is 7.99. The number of aromatic nitrogens is 3. The molecule has 0 bridgehead atoms. The number of aryl methyl sites for hydroxylation is 3. The molecule has 0 saturated carbocycles. The fourth-order valence-electron chi connectivity index (χ4n) is 4.71. The monoisotopic (exact) mass is 432 g/mol. The van der Waals surface area contributed by atoms with E-state index in [0.29, 0.717) is 24.8 Å². The highest BCUT2D eigenvalue weighted by atomic mass is 32.2. The van der Waals surface area contributed by atoms with Crippen molar-refractivity contribution in [3.63, 3.8) is 0 Å². The van der Waals surface area contributed by atoms with Crippen molar-refractivity contribution in [1.29, 1.82) is 0 Å². The van der Waals surface area contributed by atoms with Crippen molar-refractivity contribution in [3.05, 3.63) is 16.8 Å². The molecule has 4 heterocycles. The van der Waals surface area contributed by atoms with Crippen LogP contribution in [-0.4, -0.2) is 69.5 Å². The van der Waals surface area contributed by atoms with Crippen LogP contribution in [0.1, 0.15) is 42.5 Å². The summed E-state index contributed by atoms with van der Waals surface area (Å²) in [6.45, 7) is 5.65.